The first-order valence-corrected chi connectivity index (χ1v) is 3.92. The van der Waals surface area contributed by atoms with Crippen LogP contribution in [-0.4, -0.2) is 26.9 Å². The molecular formula is C9H16O2. The van der Waals surface area contributed by atoms with Gasteiger partial charge in [0.25, 0.3) is 0 Å². The van der Waals surface area contributed by atoms with Crippen LogP contribution >= 0.6 is 0 Å². The predicted octanol–water partition coefficient (Wildman–Crippen LogP) is 1.45. The van der Waals surface area contributed by atoms with Gasteiger partial charge < -0.3 is 9.47 Å². The van der Waals surface area contributed by atoms with Gasteiger partial charge in [-0.05, 0) is 19.3 Å². The molecule has 0 aliphatic heterocycles. The van der Waals surface area contributed by atoms with Crippen molar-refractivity contribution < 1.29 is 9.47 Å². The van der Waals surface area contributed by atoms with E-state index in [9.17, 15) is 0 Å². The minimum absolute atomic E-state index is 0.435. The molecular weight excluding hydrogens is 140 g/mol. The van der Waals surface area contributed by atoms with Crippen molar-refractivity contribution in [2.24, 2.45) is 0 Å². The Morgan fingerprint density at radius 1 is 1.18 bits per heavy atom. The summed E-state index contributed by atoms with van der Waals surface area (Å²) in [5.74, 6) is 2.42. The Kier molecular flexibility index (Phi) is 9.03. The molecule has 0 radical (unpaired) electrons. The van der Waals surface area contributed by atoms with E-state index in [2.05, 4.69) is 5.92 Å². The summed E-state index contributed by atoms with van der Waals surface area (Å²) in [6.45, 7) is 2.05. The fourth-order valence-electron chi connectivity index (χ4n) is 0.758. The molecule has 0 amide bonds. The van der Waals surface area contributed by atoms with Crippen LogP contribution in [0.25, 0.3) is 0 Å². The largest absolute Gasteiger partial charge is 0.385 e. The minimum atomic E-state index is 0.435. The highest BCUT2D eigenvalue weighted by molar-refractivity contribution is 4.82. The summed E-state index contributed by atoms with van der Waals surface area (Å²) >= 11 is 0. The second-order valence-corrected chi connectivity index (χ2v) is 2.31. The van der Waals surface area contributed by atoms with Crippen LogP contribution in [0.3, 0.4) is 0 Å². The van der Waals surface area contributed by atoms with Gasteiger partial charge >= 0.3 is 0 Å². The molecule has 64 valence electrons. The molecule has 0 unspecified atom stereocenters. The van der Waals surface area contributed by atoms with E-state index in [0.717, 1.165) is 32.5 Å². The van der Waals surface area contributed by atoms with Crippen molar-refractivity contribution in [2.45, 2.75) is 19.3 Å². The van der Waals surface area contributed by atoms with Crippen molar-refractivity contribution in [1.29, 1.82) is 0 Å². The van der Waals surface area contributed by atoms with Crippen molar-refractivity contribution in [3.63, 3.8) is 0 Å². The number of rotatable bonds is 7. The summed E-state index contributed by atoms with van der Waals surface area (Å²) in [6.07, 6.45) is 8.33. The molecule has 11 heavy (non-hydrogen) atoms. The quantitative estimate of drug-likeness (QED) is 0.410. The monoisotopic (exact) mass is 156 g/mol. The molecule has 0 rings (SSSR count). The highest BCUT2D eigenvalue weighted by Crippen LogP contribution is 1.95. The zero-order valence-corrected chi connectivity index (χ0v) is 7.14. The van der Waals surface area contributed by atoms with Crippen molar-refractivity contribution in [3.8, 4) is 12.3 Å². The second kappa shape index (κ2) is 9.48. The van der Waals surface area contributed by atoms with E-state index in [1.54, 1.807) is 7.11 Å². The van der Waals surface area contributed by atoms with Crippen LogP contribution in [0.4, 0.5) is 0 Å². The standard InChI is InChI=1S/C9H16O2/c1-3-7-11-9-6-4-5-8-10-2/h1H,4-9H2,2H3. The SMILES string of the molecule is C#CCOCCCCCOC. The summed E-state index contributed by atoms with van der Waals surface area (Å²) in [5, 5.41) is 0. The molecule has 0 aliphatic rings. The van der Waals surface area contributed by atoms with Gasteiger partial charge in [-0.25, -0.2) is 0 Å². The molecule has 2 heteroatoms. The van der Waals surface area contributed by atoms with Crippen LogP contribution < -0.4 is 0 Å². The molecule has 0 heterocycles. The second-order valence-electron chi connectivity index (χ2n) is 2.31. The Hall–Kier alpha value is -0.520. The number of hydrogen-bond acceptors (Lipinski definition) is 2. The topological polar surface area (TPSA) is 18.5 Å². The molecule has 0 bridgehead atoms. The fourth-order valence-corrected chi connectivity index (χ4v) is 0.758. The maximum atomic E-state index is 5.09. The van der Waals surface area contributed by atoms with Gasteiger partial charge in [-0.3, -0.25) is 0 Å². The molecule has 0 N–H and O–H groups in total. The highest BCUT2D eigenvalue weighted by atomic mass is 16.5. The van der Waals surface area contributed by atoms with E-state index in [1.165, 1.54) is 0 Å². The van der Waals surface area contributed by atoms with Gasteiger partial charge in [0.15, 0.2) is 0 Å². The maximum Gasteiger partial charge on any atom is 0.107 e. The van der Waals surface area contributed by atoms with E-state index in [4.69, 9.17) is 15.9 Å². The average molecular weight is 156 g/mol. The average Bonchev–Trinajstić information content (AvgIpc) is 2.03. The Labute approximate surface area is 68.9 Å². The smallest absolute Gasteiger partial charge is 0.107 e. The van der Waals surface area contributed by atoms with Crippen molar-refractivity contribution in [3.05, 3.63) is 0 Å². The van der Waals surface area contributed by atoms with Crippen LogP contribution in [0.1, 0.15) is 19.3 Å². The van der Waals surface area contributed by atoms with Gasteiger partial charge in [-0.15, -0.1) is 6.42 Å². The molecule has 0 atom stereocenters. The summed E-state index contributed by atoms with van der Waals surface area (Å²) < 4.78 is 9.98. The zero-order valence-electron chi connectivity index (χ0n) is 7.14. The molecule has 2 nitrogen and oxygen atoms in total. The lowest BCUT2D eigenvalue weighted by atomic mass is 10.2. The first kappa shape index (κ1) is 10.5. The van der Waals surface area contributed by atoms with Gasteiger partial charge in [0.05, 0.1) is 0 Å². The minimum Gasteiger partial charge on any atom is -0.385 e. The van der Waals surface area contributed by atoms with Gasteiger partial charge in [0.1, 0.15) is 6.61 Å². The molecule has 0 saturated carbocycles. The van der Waals surface area contributed by atoms with Gasteiger partial charge in [-0.1, -0.05) is 5.92 Å². The Morgan fingerprint density at radius 3 is 2.55 bits per heavy atom. The van der Waals surface area contributed by atoms with Crippen LogP contribution in [-0.2, 0) is 9.47 Å². The van der Waals surface area contributed by atoms with Crippen molar-refractivity contribution in [2.75, 3.05) is 26.9 Å². The molecule has 0 aliphatic carbocycles. The Bertz CT molecular complexity index is 105. The molecule has 0 spiro atoms. The van der Waals surface area contributed by atoms with E-state index in [-0.39, 0.29) is 0 Å². The molecule has 0 saturated heterocycles. The summed E-state index contributed by atoms with van der Waals surface area (Å²) in [7, 11) is 1.72. The number of hydrogen-bond donors (Lipinski definition) is 0. The van der Waals surface area contributed by atoms with Gasteiger partial charge in [-0.2, -0.15) is 0 Å². The lowest BCUT2D eigenvalue weighted by Gasteiger charge is -1.99. The lowest BCUT2D eigenvalue weighted by Crippen LogP contribution is -1.95. The summed E-state index contributed by atoms with van der Waals surface area (Å²) in [6, 6.07) is 0. The Morgan fingerprint density at radius 2 is 1.91 bits per heavy atom. The number of methoxy groups -OCH3 is 1. The number of terminal acetylenes is 1. The van der Waals surface area contributed by atoms with Crippen molar-refractivity contribution >= 4 is 0 Å². The fraction of sp³-hybridized carbons (Fsp3) is 0.778. The zero-order chi connectivity index (χ0) is 8.36. The predicted molar refractivity (Wildman–Crippen MR) is 45.4 cm³/mol. The van der Waals surface area contributed by atoms with Crippen LogP contribution in [0.15, 0.2) is 0 Å². The molecule has 0 aromatic rings. The van der Waals surface area contributed by atoms with E-state index in [1.807, 2.05) is 0 Å². The third kappa shape index (κ3) is 9.48. The third-order valence-electron chi connectivity index (χ3n) is 1.32. The van der Waals surface area contributed by atoms with Gasteiger partial charge in [0.2, 0.25) is 0 Å². The molecule has 0 fully saturated rings. The summed E-state index contributed by atoms with van der Waals surface area (Å²) in [5.41, 5.74) is 0. The first-order chi connectivity index (χ1) is 5.41. The first-order valence-electron chi connectivity index (χ1n) is 3.92. The van der Waals surface area contributed by atoms with Crippen LogP contribution in [0, 0.1) is 12.3 Å². The molecule has 0 aromatic carbocycles. The van der Waals surface area contributed by atoms with E-state index >= 15 is 0 Å². The van der Waals surface area contributed by atoms with E-state index < -0.39 is 0 Å². The van der Waals surface area contributed by atoms with Crippen LogP contribution in [0.2, 0.25) is 0 Å². The summed E-state index contributed by atoms with van der Waals surface area (Å²) in [4.78, 5) is 0. The number of unbranched alkanes of at least 4 members (excludes halogenated alkanes) is 2. The lowest BCUT2D eigenvalue weighted by molar-refractivity contribution is 0.153. The molecule has 0 aromatic heterocycles. The Balaban J connectivity index is 2.75. The van der Waals surface area contributed by atoms with Gasteiger partial charge in [0, 0.05) is 20.3 Å². The normalized spacial score (nSPS) is 9.45. The highest BCUT2D eigenvalue weighted by Gasteiger charge is 1.88. The van der Waals surface area contributed by atoms with Crippen LogP contribution in [0.5, 0.6) is 0 Å². The third-order valence-corrected chi connectivity index (χ3v) is 1.32. The van der Waals surface area contributed by atoms with E-state index in [0.29, 0.717) is 6.61 Å². The number of ether oxygens (including phenoxy) is 2. The maximum absolute atomic E-state index is 5.09. The van der Waals surface area contributed by atoms with Crippen molar-refractivity contribution in [1.82, 2.24) is 0 Å².